The number of morpholine rings is 1. The predicted octanol–water partition coefficient (Wildman–Crippen LogP) is 2.30. The number of sulfonamides is 1. The van der Waals surface area contributed by atoms with Crippen molar-refractivity contribution < 1.29 is 17.9 Å². The van der Waals surface area contributed by atoms with Crippen LogP contribution in [0.25, 0.3) is 0 Å². The maximum atomic E-state index is 12.8. The molecule has 0 aliphatic carbocycles. The zero-order valence-corrected chi connectivity index (χ0v) is 18.5. The number of thiophene rings is 1. The number of hydrogen-bond acceptors (Lipinski definition) is 6. The number of carbonyl (C=O) groups is 1. The molecule has 2 aliphatic heterocycles. The number of benzene rings is 1. The van der Waals surface area contributed by atoms with Gasteiger partial charge in [-0.3, -0.25) is 4.79 Å². The number of rotatable bonds is 6. The van der Waals surface area contributed by atoms with Gasteiger partial charge in [0.05, 0.1) is 19.1 Å². The van der Waals surface area contributed by atoms with Crippen LogP contribution in [0.5, 0.6) is 0 Å². The summed E-state index contributed by atoms with van der Waals surface area (Å²) in [6.45, 7) is 4.42. The van der Waals surface area contributed by atoms with Crippen LogP contribution in [0.2, 0.25) is 0 Å². The van der Waals surface area contributed by atoms with Gasteiger partial charge in [0.25, 0.3) is 10.0 Å². The molecule has 1 aromatic heterocycles. The van der Waals surface area contributed by atoms with Gasteiger partial charge in [-0.1, -0.05) is 18.2 Å². The normalized spacial score (nSPS) is 20.8. The molecule has 0 radical (unpaired) electrons. The highest BCUT2D eigenvalue weighted by Gasteiger charge is 2.33. The first kappa shape index (κ1) is 21.3. The number of hydrogen-bond donors (Lipinski definition) is 1. The molecule has 0 saturated carbocycles. The third-order valence-corrected chi connectivity index (χ3v) is 8.86. The molecular formula is C21H27N3O4S2. The van der Waals surface area contributed by atoms with E-state index in [2.05, 4.69) is 22.3 Å². The van der Waals surface area contributed by atoms with E-state index < -0.39 is 10.0 Å². The zero-order valence-electron chi connectivity index (χ0n) is 16.8. The number of ether oxygens (including phenoxy) is 1. The van der Waals surface area contributed by atoms with Crippen molar-refractivity contribution >= 4 is 33.0 Å². The summed E-state index contributed by atoms with van der Waals surface area (Å²) in [7, 11) is -3.51. The van der Waals surface area contributed by atoms with Gasteiger partial charge in [0.15, 0.2) is 0 Å². The van der Waals surface area contributed by atoms with Crippen molar-refractivity contribution in [2.75, 3.05) is 44.3 Å². The molecule has 1 atom stereocenters. The van der Waals surface area contributed by atoms with E-state index in [-0.39, 0.29) is 18.4 Å². The quantitative estimate of drug-likeness (QED) is 0.732. The van der Waals surface area contributed by atoms with Gasteiger partial charge in [-0.2, -0.15) is 4.31 Å². The minimum Gasteiger partial charge on any atom is -0.378 e. The minimum absolute atomic E-state index is 0.0849. The fraction of sp³-hybridized carbons (Fsp3) is 0.476. The molecule has 2 saturated heterocycles. The van der Waals surface area contributed by atoms with Gasteiger partial charge in [0.2, 0.25) is 5.91 Å². The number of nitrogens with zero attached hydrogens (tertiary/aromatic N) is 2. The average molecular weight is 450 g/mol. The fourth-order valence-corrected chi connectivity index (χ4v) is 6.56. The lowest BCUT2D eigenvalue weighted by molar-refractivity contribution is -0.126. The Morgan fingerprint density at radius 2 is 1.90 bits per heavy atom. The Morgan fingerprint density at radius 3 is 2.60 bits per heavy atom. The summed E-state index contributed by atoms with van der Waals surface area (Å²) in [4.78, 5) is 15.0. The molecule has 2 aliphatic rings. The molecular weight excluding hydrogens is 422 g/mol. The molecule has 30 heavy (non-hydrogen) atoms. The Bertz CT molecular complexity index is 939. The van der Waals surface area contributed by atoms with Crippen LogP contribution in [-0.4, -0.2) is 58.0 Å². The first-order chi connectivity index (χ1) is 14.5. The molecule has 1 N–H and O–H groups in total. The van der Waals surface area contributed by atoms with E-state index in [0.717, 1.165) is 37.6 Å². The van der Waals surface area contributed by atoms with Gasteiger partial charge >= 0.3 is 0 Å². The Morgan fingerprint density at radius 1 is 1.13 bits per heavy atom. The van der Waals surface area contributed by atoms with Crippen molar-refractivity contribution in [3.8, 4) is 0 Å². The van der Waals surface area contributed by atoms with Crippen LogP contribution in [0.4, 0.5) is 5.69 Å². The predicted molar refractivity (Wildman–Crippen MR) is 117 cm³/mol. The van der Waals surface area contributed by atoms with Crippen LogP contribution < -0.4 is 10.2 Å². The molecule has 4 rings (SSSR count). The van der Waals surface area contributed by atoms with Crippen molar-refractivity contribution in [1.82, 2.24) is 9.62 Å². The summed E-state index contributed by atoms with van der Waals surface area (Å²) in [5, 5.41) is 4.74. The molecule has 0 unspecified atom stereocenters. The van der Waals surface area contributed by atoms with E-state index in [1.807, 2.05) is 12.1 Å². The largest absolute Gasteiger partial charge is 0.378 e. The summed E-state index contributed by atoms with van der Waals surface area (Å²) < 4.78 is 32.7. The molecule has 1 aromatic carbocycles. The van der Waals surface area contributed by atoms with Gasteiger partial charge in [-0.05, 0) is 42.0 Å². The maximum absolute atomic E-state index is 12.8. The highest BCUT2D eigenvalue weighted by Crippen LogP contribution is 2.26. The van der Waals surface area contributed by atoms with Crippen LogP contribution in [0, 0.1) is 5.92 Å². The third-order valence-electron chi connectivity index (χ3n) is 5.62. The van der Waals surface area contributed by atoms with Gasteiger partial charge in [-0.15, -0.1) is 11.3 Å². The lowest BCUT2D eigenvalue weighted by atomic mass is 9.98. The van der Waals surface area contributed by atoms with Crippen molar-refractivity contribution in [3.05, 3.63) is 47.3 Å². The van der Waals surface area contributed by atoms with Gasteiger partial charge in [-0.25, -0.2) is 8.42 Å². The van der Waals surface area contributed by atoms with E-state index in [0.29, 0.717) is 30.1 Å². The van der Waals surface area contributed by atoms with Crippen molar-refractivity contribution in [2.24, 2.45) is 5.92 Å². The number of amides is 1. The molecule has 0 spiro atoms. The van der Waals surface area contributed by atoms with Gasteiger partial charge < -0.3 is 15.0 Å². The van der Waals surface area contributed by atoms with Crippen LogP contribution >= 0.6 is 11.3 Å². The van der Waals surface area contributed by atoms with Crippen molar-refractivity contribution in [1.29, 1.82) is 0 Å². The molecule has 0 bridgehead atoms. The number of anilines is 1. The average Bonchev–Trinajstić information content (AvgIpc) is 3.34. The van der Waals surface area contributed by atoms with Crippen molar-refractivity contribution in [3.63, 3.8) is 0 Å². The second-order valence-corrected chi connectivity index (χ2v) is 10.7. The number of piperidine rings is 1. The second-order valence-electron chi connectivity index (χ2n) is 7.62. The maximum Gasteiger partial charge on any atom is 0.252 e. The Hall–Kier alpha value is -1.94. The van der Waals surface area contributed by atoms with Crippen LogP contribution in [0.1, 0.15) is 18.4 Å². The minimum atomic E-state index is -3.51. The van der Waals surface area contributed by atoms with Crippen molar-refractivity contribution in [2.45, 2.75) is 23.6 Å². The first-order valence-electron chi connectivity index (χ1n) is 10.3. The second kappa shape index (κ2) is 9.47. The van der Waals surface area contributed by atoms with E-state index in [1.54, 1.807) is 17.5 Å². The molecule has 162 valence electrons. The summed E-state index contributed by atoms with van der Waals surface area (Å²) in [6.07, 6.45) is 1.40. The topological polar surface area (TPSA) is 79.0 Å². The fourth-order valence-electron chi connectivity index (χ4n) is 3.89. The molecule has 7 nitrogen and oxygen atoms in total. The molecule has 2 aromatic rings. The molecule has 9 heteroatoms. The summed E-state index contributed by atoms with van der Waals surface area (Å²) in [5.74, 6) is -0.403. The SMILES string of the molecule is O=C(NCc1ccc(N2CCOCC2)cc1)[C@@H]1CCCN(S(=O)(=O)c2cccs2)C1. The Kier molecular flexibility index (Phi) is 6.72. The highest BCUT2D eigenvalue weighted by molar-refractivity contribution is 7.91. The summed E-state index contributed by atoms with van der Waals surface area (Å²) in [6, 6.07) is 11.5. The zero-order chi connectivity index (χ0) is 21.0. The third kappa shape index (κ3) is 4.85. The van der Waals surface area contributed by atoms with Crippen LogP contribution in [0.3, 0.4) is 0 Å². The lowest BCUT2D eigenvalue weighted by Crippen LogP contribution is -2.45. The highest BCUT2D eigenvalue weighted by atomic mass is 32.2. The first-order valence-corrected chi connectivity index (χ1v) is 12.6. The van der Waals surface area contributed by atoms with E-state index >= 15 is 0 Å². The van der Waals surface area contributed by atoms with Crippen LogP contribution in [-0.2, 0) is 26.1 Å². The van der Waals surface area contributed by atoms with Gasteiger partial charge in [0.1, 0.15) is 4.21 Å². The molecule has 2 fully saturated rings. The molecule has 3 heterocycles. The van der Waals surface area contributed by atoms with E-state index in [9.17, 15) is 13.2 Å². The lowest BCUT2D eigenvalue weighted by Gasteiger charge is -2.31. The number of nitrogens with one attached hydrogen (secondary N) is 1. The number of carbonyl (C=O) groups excluding carboxylic acids is 1. The standard InChI is InChI=1S/C21H27N3O4S2/c25-21(18-3-1-9-24(16-18)30(26,27)20-4-2-14-29-20)22-15-17-5-7-19(8-6-17)23-10-12-28-13-11-23/h2,4-8,14,18H,1,3,9-13,15-16H2,(H,22,25)/t18-/m1/s1. The summed E-state index contributed by atoms with van der Waals surface area (Å²) in [5.41, 5.74) is 2.19. The monoisotopic (exact) mass is 449 g/mol. The van der Waals surface area contributed by atoms with E-state index in [1.165, 1.54) is 15.6 Å². The Labute approximate surface area is 181 Å². The Balaban J connectivity index is 1.31. The smallest absolute Gasteiger partial charge is 0.252 e. The van der Waals surface area contributed by atoms with Crippen LogP contribution in [0.15, 0.2) is 46.0 Å². The van der Waals surface area contributed by atoms with Gasteiger partial charge in [0, 0.05) is 38.4 Å². The molecule has 1 amide bonds. The summed E-state index contributed by atoms with van der Waals surface area (Å²) >= 11 is 1.21. The van der Waals surface area contributed by atoms with E-state index in [4.69, 9.17) is 4.74 Å².